The molecular formula is C8H15Cl2N5OS. The highest BCUT2D eigenvalue weighted by atomic mass is 35.5. The first-order chi connectivity index (χ1) is 7.18. The molecule has 1 heterocycles. The van der Waals surface area contributed by atoms with Crippen LogP contribution in [0.5, 0.6) is 0 Å². The lowest BCUT2D eigenvalue weighted by Crippen LogP contribution is -2.34. The van der Waals surface area contributed by atoms with Gasteiger partial charge in [-0.3, -0.25) is 10.7 Å². The van der Waals surface area contributed by atoms with Crippen molar-refractivity contribution in [2.45, 2.75) is 12.2 Å². The Labute approximate surface area is 116 Å². The number of H-pyrrole nitrogens is 1. The number of imidazole rings is 1. The fourth-order valence-corrected chi connectivity index (χ4v) is 1.80. The SMILES string of the molecule is Cl.Cl.N=C(CCSCc1cnc[nH]1)NC(N)=O. The van der Waals surface area contributed by atoms with Gasteiger partial charge in [0.1, 0.15) is 5.84 Å². The zero-order valence-corrected chi connectivity index (χ0v) is 11.4. The van der Waals surface area contributed by atoms with Crippen molar-refractivity contribution in [3.05, 3.63) is 18.2 Å². The highest BCUT2D eigenvalue weighted by molar-refractivity contribution is 7.98. The van der Waals surface area contributed by atoms with Crippen molar-refractivity contribution in [3.63, 3.8) is 0 Å². The Kier molecular flexibility index (Phi) is 11.1. The van der Waals surface area contributed by atoms with Gasteiger partial charge in [0.15, 0.2) is 0 Å². The van der Waals surface area contributed by atoms with Gasteiger partial charge in [-0.25, -0.2) is 9.78 Å². The lowest BCUT2D eigenvalue weighted by Gasteiger charge is -2.03. The Bertz CT molecular complexity index is 333. The number of nitrogens with one attached hydrogen (secondary N) is 3. The number of urea groups is 1. The quantitative estimate of drug-likeness (QED) is 0.376. The van der Waals surface area contributed by atoms with E-state index in [4.69, 9.17) is 11.1 Å². The molecule has 98 valence electrons. The lowest BCUT2D eigenvalue weighted by atomic mass is 10.4. The predicted molar refractivity (Wildman–Crippen MR) is 74.3 cm³/mol. The van der Waals surface area contributed by atoms with Crippen LogP contribution in [0.15, 0.2) is 12.5 Å². The van der Waals surface area contributed by atoms with Gasteiger partial charge in [0.2, 0.25) is 0 Å². The number of nitrogens with two attached hydrogens (primary N) is 1. The minimum atomic E-state index is -0.682. The Hall–Kier alpha value is -0.920. The summed E-state index contributed by atoms with van der Waals surface area (Å²) in [4.78, 5) is 17.3. The molecule has 0 saturated carbocycles. The number of thioether (sulfide) groups is 1. The molecule has 0 saturated heterocycles. The topological polar surface area (TPSA) is 108 Å². The Balaban J connectivity index is 0. The van der Waals surface area contributed by atoms with Crippen LogP contribution in [0.4, 0.5) is 4.79 Å². The number of hydrogen-bond donors (Lipinski definition) is 4. The smallest absolute Gasteiger partial charge is 0.317 e. The van der Waals surface area contributed by atoms with Crippen LogP contribution in [0.25, 0.3) is 0 Å². The number of halogens is 2. The van der Waals surface area contributed by atoms with Crippen LogP contribution in [0.2, 0.25) is 0 Å². The summed E-state index contributed by atoms with van der Waals surface area (Å²) >= 11 is 1.66. The summed E-state index contributed by atoms with van der Waals surface area (Å²) in [6.45, 7) is 0. The van der Waals surface area contributed by atoms with Gasteiger partial charge in [0.25, 0.3) is 0 Å². The van der Waals surface area contributed by atoms with Gasteiger partial charge < -0.3 is 10.7 Å². The highest BCUT2D eigenvalue weighted by Gasteiger charge is 2.00. The molecule has 0 bridgehead atoms. The molecule has 0 fully saturated rings. The first kappa shape index (κ1) is 18.4. The number of amides is 2. The van der Waals surface area contributed by atoms with Gasteiger partial charge in [0.05, 0.1) is 6.33 Å². The van der Waals surface area contributed by atoms with Gasteiger partial charge >= 0.3 is 6.03 Å². The number of nitrogens with zero attached hydrogens (tertiary/aromatic N) is 1. The van der Waals surface area contributed by atoms with E-state index in [9.17, 15) is 4.79 Å². The maximum Gasteiger partial charge on any atom is 0.317 e. The number of amidine groups is 1. The van der Waals surface area contributed by atoms with Gasteiger partial charge in [-0.2, -0.15) is 11.8 Å². The second kappa shape index (κ2) is 10.2. The summed E-state index contributed by atoms with van der Waals surface area (Å²) in [5.41, 5.74) is 5.91. The molecule has 0 aromatic carbocycles. The molecule has 1 rings (SSSR count). The average molecular weight is 300 g/mol. The molecular weight excluding hydrogens is 285 g/mol. The normalized spacial score (nSPS) is 8.71. The minimum absolute atomic E-state index is 0. The molecule has 0 atom stereocenters. The van der Waals surface area contributed by atoms with E-state index in [1.807, 2.05) is 0 Å². The lowest BCUT2D eigenvalue weighted by molar-refractivity contribution is 0.253. The molecule has 1 aromatic rings. The van der Waals surface area contributed by atoms with E-state index in [1.165, 1.54) is 0 Å². The number of carbonyl (C=O) groups is 1. The molecule has 5 N–H and O–H groups in total. The van der Waals surface area contributed by atoms with E-state index in [0.717, 1.165) is 17.2 Å². The second-order valence-corrected chi connectivity index (χ2v) is 3.95. The summed E-state index contributed by atoms with van der Waals surface area (Å²) in [6, 6.07) is -0.682. The molecule has 1 aromatic heterocycles. The summed E-state index contributed by atoms with van der Waals surface area (Å²) in [5.74, 6) is 1.74. The van der Waals surface area contributed by atoms with Crippen LogP contribution in [0.3, 0.4) is 0 Å². The molecule has 0 spiro atoms. The zero-order chi connectivity index (χ0) is 11.1. The van der Waals surface area contributed by atoms with Crippen molar-refractivity contribution in [1.29, 1.82) is 5.41 Å². The first-order valence-corrected chi connectivity index (χ1v) is 5.53. The molecule has 2 amide bonds. The van der Waals surface area contributed by atoms with Crippen molar-refractivity contribution < 1.29 is 4.79 Å². The van der Waals surface area contributed by atoms with Crippen LogP contribution < -0.4 is 11.1 Å². The molecule has 0 radical (unpaired) electrons. The fourth-order valence-electron chi connectivity index (χ4n) is 0.931. The van der Waals surface area contributed by atoms with Crippen molar-refractivity contribution in [2.24, 2.45) is 5.73 Å². The van der Waals surface area contributed by atoms with Crippen LogP contribution in [0.1, 0.15) is 12.1 Å². The predicted octanol–water partition coefficient (Wildman–Crippen LogP) is 1.52. The van der Waals surface area contributed by atoms with Crippen molar-refractivity contribution in [3.8, 4) is 0 Å². The summed E-state index contributed by atoms with van der Waals surface area (Å²) in [5, 5.41) is 9.55. The zero-order valence-electron chi connectivity index (χ0n) is 8.93. The number of hydrogen-bond acceptors (Lipinski definition) is 4. The van der Waals surface area contributed by atoms with Crippen molar-refractivity contribution in [1.82, 2.24) is 15.3 Å². The summed E-state index contributed by atoms with van der Waals surface area (Å²) < 4.78 is 0. The molecule has 0 unspecified atom stereocenters. The van der Waals surface area contributed by atoms with Crippen molar-refractivity contribution in [2.75, 3.05) is 5.75 Å². The van der Waals surface area contributed by atoms with E-state index < -0.39 is 6.03 Å². The maximum atomic E-state index is 10.4. The third kappa shape index (κ3) is 8.84. The Morgan fingerprint density at radius 2 is 2.29 bits per heavy atom. The third-order valence-corrected chi connectivity index (χ3v) is 2.59. The highest BCUT2D eigenvalue weighted by Crippen LogP contribution is 2.09. The number of primary amides is 1. The standard InChI is InChI=1S/C8H13N5OS.2ClH/c9-7(13-8(10)14)1-2-15-4-6-3-11-5-12-6;;/h3,5H,1-2,4H2,(H,11,12)(H4,9,10,13,14);2*1H. The van der Waals surface area contributed by atoms with E-state index in [2.05, 4.69) is 15.3 Å². The van der Waals surface area contributed by atoms with Gasteiger partial charge in [-0.1, -0.05) is 0 Å². The van der Waals surface area contributed by atoms with Crippen LogP contribution in [-0.4, -0.2) is 27.6 Å². The first-order valence-electron chi connectivity index (χ1n) is 4.37. The average Bonchev–Trinajstić information content (AvgIpc) is 2.63. The molecule has 17 heavy (non-hydrogen) atoms. The molecule has 0 aliphatic heterocycles. The van der Waals surface area contributed by atoms with E-state index in [0.29, 0.717) is 6.42 Å². The number of carbonyl (C=O) groups excluding carboxylic acids is 1. The van der Waals surface area contributed by atoms with E-state index in [1.54, 1.807) is 24.3 Å². The minimum Gasteiger partial charge on any atom is -0.351 e. The Morgan fingerprint density at radius 1 is 1.59 bits per heavy atom. The fraction of sp³-hybridized carbons (Fsp3) is 0.375. The number of aromatic amines is 1. The monoisotopic (exact) mass is 299 g/mol. The number of rotatable bonds is 5. The largest absolute Gasteiger partial charge is 0.351 e. The van der Waals surface area contributed by atoms with Crippen molar-refractivity contribution >= 4 is 48.4 Å². The third-order valence-electron chi connectivity index (χ3n) is 1.58. The van der Waals surface area contributed by atoms with E-state index in [-0.39, 0.29) is 30.6 Å². The van der Waals surface area contributed by atoms with E-state index >= 15 is 0 Å². The molecule has 0 aliphatic rings. The Morgan fingerprint density at radius 3 is 2.82 bits per heavy atom. The van der Waals surface area contributed by atoms with Gasteiger partial charge in [-0.05, 0) is 0 Å². The van der Waals surface area contributed by atoms with Crippen LogP contribution >= 0.6 is 36.6 Å². The van der Waals surface area contributed by atoms with Crippen LogP contribution in [-0.2, 0) is 5.75 Å². The molecule has 0 aliphatic carbocycles. The maximum absolute atomic E-state index is 10.4. The number of aromatic nitrogens is 2. The summed E-state index contributed by atoms with van der Waals surface area (Å²) in [6.07, 6.45) is 3.90. The van der Waals surface area contributed by atoms with Gasteiger partial charge in [0, 0.05) is 29.8 Å². The van der Waals surface area contributed by atoms with Gasteiger partial charge in [-0.15, -0.1) is 24.8 Å². The molecule has 6 nitrogen and oxygen atoms in total. The van der Waals surface area contributed by atoms with Crippen LogP contribution in [0, 0.1) is 5.41 Å². The second-order valence-electron chi connectivity index (χ2n) is 2.85. The summed E-state index contributed by atoms with van der Waals surface area (Å²) in [7, 11) is 0. The molecule has 9 heteroatoms.